The first kappa shape index (κ1) is 21.5. The molecule has 1 fully saturated rings. The van der Waals surface area contributed by atoms with Crippen molar-refractivity contribution in [1.82, 2.24) is 9.47 Å². The van der Waals surface area contributed by atoms with Crippen LogP contribution in [0.25, 0.3) is 17.0 Å². The van der Waals surface area contributed by atoms with Gasteiger partial charge in [-0.2, -0.15) is 0 Å². The summed E-state index contributed by atoms with van der Waals surface area (Å²) in [5.74, 6) is -1.00. The van der Waals surface area contributed by atoms with Crippen LogP contribution in [0.3, 0.4) is 0 Å². The molecule has 32 heavy (non-hydrogen) atoms. The van der Waals surface area contributed by atoms with E-state index >= 15 is 0 Å². The Balaban J connectivity index is 1.58. The lowest BCUT2D eigenvalue weighted by atomic mass is 10.1. The first-order valence-electron chi connectivity index (χ1n) is 9.89. The summed E-state index contributed by atoms with van der Waals surface area (Å²) in [5, 5.41) is 11.2. The third-order valence-corrected chi connectivity index (χ3v) is 6.10. The Morgan fingerprint density at radius 2 is 1.81 bits per heavy atom. The number of rotatable bonds is 6. The minimum absolute atomic E-state index is 0.142. The SMILES string of the molecule is CC(C)n1cc(/C=C2/SC(=O)N(CC(=O)c3ccc([N+](=O)[O-])cc3)C2=O)c2ccccc21. The van der Waals surface area contributed by atoms with Gasteiger partial charge in [0.1, 0.15) is 0 Å². The van der Waals surface area contributed by atoms with E-state index in [1.165, 1.54) is 24.3 Å². The van der Waals surface area contributed by atoms with Crippen LogP contribution in [-0.2, 0) is 4.79 Å². The molecule has 9 heteroatoms. The molecule has 0 saturated carbocycles. The highest BCUT2D eigenvalue weighted by Gasteiger charge is 2.36. The van der Waals surface area contributed by atoms with Crippen molar-refractivity contribution in [3.8, 4) is 0 Å². The molecular formula is C23H19N3O5S. The standard InChI is InChI=1S/C23H19N3O5S/c1-14(2)24-12-16(18-5-3-4-6-19(18)24)11-21-22(28)25(23(29)32-21)13-20(27)15-7-9-17(10-8-15)26(30)31/h3-12,14H,13H2,1-2H3/b21-11+. The van der Waals surface area contributed by atoms with E-state index in [1.54, 1.807) is 6.08 Å². The molecule has 0 N–H and O–H groups in total. The molecule has 0 bridgehead atoms. The number of Topliss-reactive ketones (excluding diaryl/α,β-unsaturated/α-hetero) is 1. The van der Waals surface area contributed by atoms with Crippen LogP contribution in [0.2, 0.25) is 0 Å². The molecule has 0 radical (unpaired) electrons. The number of ketones is 1. The molecule has 0 spiro atoms. The normalized spacial score (nSPS) is 15.3. The Morgan fingerprint density at radius 1 is 1.12 bits per heavy atom. The van der Waals surface area contributed by atoms with Gasteiger partial charge < -0.3 is 4.57 Å². The fraction of sp³-hybridized carbons (Fsp3) is 0.174. The van der Waals surface area contributed by atoms with Gasteiger partial charge in [0.15, 0.2) is 5.78 Å². The highest BCUT2D eigenvalue weighted by Crippen LogP contribution is 2.34. The van der Waals surface area contributed by atoms with Gasteiger partial charge in [-0.1, -0.05) is 18.2 Å². The van der Waals surface area contributed by atoms with Gasteiger partial charge in [0.05, 0.1) is 16.4 Å². The third kappa shape index (κ3) is 3.94. The average Bonchev–Trinajstić information content (AvgIpc) is 3.27. The molecule has 1 saturated heterocycles. The molecule has 1 aromatic heterocycles. The molecule has 0 atom stereocenters. The number of thioether (sulfide) groups is 1. The number of non-ortho nitro benzene ring substituents is 1. The smallest absolute Gasteiger partial charge is 0.293 e. The summed E-state index contributed by atoms with van der Waals surface area (Å²) in [6, 6.07) is 13.1. The Morgan fingerprint density at radius 3 is 2.47 bits per heavy atom. The number of hydrogen-bond acceptors (Lipinski definition) is 6. The summed E-state index contributed by atoms with van der Waals surface area (Å²) in [7, 11) is 0. The van der Waals surface area contributed by atoms with Crippen LogP contribution >= 0.6 is 11.8 Å². The summed E-state index contributed by atoms with van der Waals surface area (Å²) in [6.07, 6.45) is 3.63. The molecule has 2 amide bonds. The van der Waals surface area contributed by atoms with Gasteiger partial charge in [-0.15, -0.1) is 0 Å². The second kappa shape index (κ2) is 8.43. The van der Waals surface area contributed by atoms with Crippen molar-refractivity contribution < 1.29 is 19.3 Å². The maximum atomic E-state index is 12.9. The van der Waals surface area contributed by atoms with Crippen LogP contribution < -0.4 is 0 Å². The number of nitro benzene ring substituents is 1. The van der Waals surface area contributed by atoms with Gasteiger partial charge >= 0.3 is 0 Å². The van der Waals surface area contributed by atoms with Crippen molar-refractivity contribution in [1.29, 1.82) is 0 Å². The van der Waals surface area contributed by atoms with Gasteiger partial charge in [-0.3, -0.25) is 29.4 Å². The molecule has 0 aliphatic carbocycles. The average molecular weight is 449 g/mol. The van der Waals surface area contributed by atoms with E-state index in [4.69, 9.17) is 0 Å². The Kier molecular flexibility index (Phi) is 5.67. The summed E-state index contributed by atoms with van der Waals surface area (Å²) < 4.78 is 2.10. The lowest BCUT2D eigenvalue weighted by molar-refractivity contribution is -0.384. The molecule has 1 aliphatic rings. The first-order chi connectivity index (χ1) is 15.3. The number of carbonyl (C=O) groups is 3. The van der Waals surface area contributed by atoms with Gasteiger partial charge in [-0.25, -0.2) is 0 Å². The zero-order chi connectivity index (χ0) is 23.0. The zero-order valence-electron chi connectivity index (χ0n) is 17.3. The lowest BCUT2D eigenvalue weighted by Crippen LogP contribution is -2.33. The van der Waals surface area contributed by atoms with E-state index in [0.717, 1.165) is 33.1 Å². The maximum absolute atomic E-state index is 12.9. The number of nitrogens with zero attached hydrogens (tertiary/aromatic N) is 3. The van der Waals surface area contributed by atoms with Gasteiger partial charge in [-0.05, 0) is 49.9 Å². The van der Waals surface area contributed by atoms with E-state index < -0.39 is 28.4 Å². The molecular weight excluding hydrogens is 430 g/mol. The number of aromatic nitrogens is 1. The van der Waals surface area contributed by atoms with Gasteiger partial charge in [0, 0.05) is 46.4 Å². The quantitative estimate of drug-likeness (QED) is 0.226. The minimum atomic E-state index is -0.564. The van der Waals surface area contributed by atoms with Crippen molar-refractivity contribution in [2.24, 2.45) is 0 Å². The number of carbonyl (C=O) groups excluding carboxylic acids is 3. The van der Waals surface area contributed by atoms with Crippen molar-refractivity contribution in [3.63, 3.8) is 0 Å². The number of benzene rings is 2. The van der Waals surface area contributed by atoms with Gasteiger partial charge in [0.2, 0.25) is 0 Å². The second-order valence-electron chi connectivity index (χ2n) is 7.60. The van der Waals surface area contributed by atoms with E-state index in [2.05, 4.69) is 18.4 Å². The Hall–Kier alpha value is -3.72. The van der Waals surface area contributed by atoms with Crippen molar-refractivity contribution in [2.75, 3.05) is 6.54 Å². The van der Waals surface area contributed by atoms with Crippen LogP contribution in [0, 0.1) is 10.1 Å². The molecule has 8 nitrogen and oxygen atoms in total. The fourth-order valence-corrected chi connectivity index (χ4v) is 4.38. The molecule has 3 aromatic rings. The van der Waals surface area contributed by atoms with Crippen LogP contribution in [0.4, 0.5) is 10.5 Å². The predicted octanol–water partition coefficient (Wildman–Crippen LogP) is 5.05. The molecule has 1 aliphatic heterocycles. The van der Waals surface area contributed by atoms with Crippen LogP contribution in [-0.4, -0.2) is 37.9 Å². The number of imide groups is 1. The number of hydrogen-bond donors (Lipinski definition) is 0. The highest BCUT2D eigenvalue weighted by atomic mass is 32.2. The van der Waals surface area contributed by atoms with Crippen molar-refractivity contribution in [3.05, 3.63) is 80.9 Å². The lowest BCUT2D eigenvalue weighted by Gasteiger charge is -2.11. The predicted molar refractivity (Wildman–Crippen MR) is 122 cm³/mol. The molecule has 162 valence electrons. The molecule has 4 rings (SSSR count). The number of fused-ring (bicyclic) bond motifs is 1. The molecule has 2 heterocycles. The monoisotopic (exact) mass is 449 g/mol. The zero-order valence-corrected chi connectivity index (χ0v) is 18.2. The summed E-state index contributed by atoms with van der Waals surface area (Å²) >= 11 is 0.794. The first-order valence-corrected chi connectivity index (χ1v) is 10.7. The van der Waals surface area contributed by atoms with Crippen molar-refractivity contribution in [2.45, 2.75) is 19.9 Å². The molecule has 0 unspecified atom stereocenters. The Labute approximate surface area is 187 Å². The van der Waals surface area contributed by atoms with Crippen LogP contribution in [0.1, 0.15) is 35.8 Å². The Bertz CT molecular complexity index is 1290. The van der Waals surface area contributed by atoms with E-state index in [1.807, 2.05) is 30.5 Å². The second-order valence-corrected chi connectivity index (χ2v) is 8.59. The number of nitro groups is 1. The van der Waals surface area contributed by atoms with Crippen LogP contribution in [0.5, 0.6) is 0 Å². The van der Waals surface area contributed by atoms with E-state index in [-0.39, 0.29) is 22.2 Å². The maximum Gasteiger partial charge on any atom is 0.293 e. The third-order valence-electron chi connectivity index (χ3n) is 5.19. The summed E-state index contributed by atoms with van der Waals surface area (Å²) in [5.41, 5.74) is 1.90. The summed E-state index contributed by atoms with van der Waals surface area (Å²) in [6.45, 7) is 3.70. The van der Waals surface area contributed by atoms with E-state index in [0.29, 0.717) is 0 Å². The number of para-hydroxylation sites is 1. The van der Waals surface area contributed by atoms with E-state index in [9.17, 15) is 24.5 Å². The largest absolute Gasteiger partial charge is 0.344 e. The highest BCUT2D eigenvalue weighted by molar-refractivity contribution is 8.18. The van der Waals surface area contributed by atoms with Crippen molar-refractivity contribution >= 4 is 51.4 Å². The fourth-order valence-electron chi connectivity index (χ4n) is 3.56. The topological polar surface area (TPSA) is 103 Å². The number of amides is 2. The van der Waals surface area contributed by atoms with Crippen LogP contribution in [0.15, 0.2) is 59.6 Å². The minimum Gasteiger partial charge on any atom is -0.344 e. The molecule has 2 aromatic carbocycles. The summed E-state index contributed by atoms with van der Waals surface area (Å²) in [4.78, 5) is 49.2. The van der Waals surface area contributed by atoms with Gasteiger partial charge in [0.25, 0.3) is 16.8 Å².